The number of aryl methyl sites for hydroxylation is 1. The summed E-state index contributed by atoms with van der Waals surface area (Å²) in [5.74, 6) is -0.150. The molecule has 0 bridgehead atoms. The molecule has 0 amide bonds. The van der Waals surface area contributed by atoms with Gasteiger partial charge in [0.05, 0.1) is 12.0 Å². The second-order valence-electron chi connectivity index (χ2n) is 6.45. The topological polar surface area (TPSA) is 73.6 Å². The number of carbonyl (C=O) groups is 2. The van der Waals surface area contributed by atoms with Crippen LogP contribution in [0, 0.1) is 12.8 Å². The third-order valence-corrected chi connectivity index (χ3v) is 4.48. The molecule has 1 aliphatic carbocycles. The molecular formula is C20H20O5. The van der Waals surface area contributed by atoms with Crippen molar-refractivity contribution >= 4 is 28.8 Å². The van der Waals surface area contributed by atoms with E-state index in [1.165, 1.54) is 19.1 Å². The van der Waals surface area contributed by atoms with Crippen molar-refractivity contribution in [1.29, 1.82) is 0 Å². The minimum Gasteiger partial charge on any atom is -0.462 e. The standard InChI is InChI=1S/C20H20O5/c1-12-9-18(22)16-8-4-7-15(19(16)25-12)10-17(13(2)21)20(23)24-11-14-5-3-6-14/h4,7-10,14H,3,5-6,11H2,1-2H3. The fourth-order valence-corrected chi connectivity index (χ4v) is 2.82. The summed E-state index contributed by atoms with van der Waals surface area (Å²) in [6, 6.07) is 6.46. The van der Waals surface area contributed by atoms with E-state index in [0.717, 1.165) is 19.3 Å². The van der Waals surface area contributed by atoms with Crippen LogP contribution in [0.2, 0.25) is 0 Å². The molecule has 2 aromatic rings. The first-order valence-electron chi connectivity index (χ1n) is 8.39. The largest absolute Gasteiger partial charge is 0.462 e. The lowest BCUT2D eigenvalue weighted by Gasteiger charge is -2.24. The molecule has 5 heteroatoms. The van der Waals surface area contributed by atoms with Crippen LogP contribution < -0.4 is 5.43 Å². The Morgan fingerprint density at radius 2 is 2.08 bits per heavy atom. The zero-order chi connectivity index (χ0) is 18.0. The molecule has 1 heterocycles. The quantitative estimate of drug-likeness (QED) is 0.361. The maximum absolute atomic E-state index is 12.3. The molecule has 130 valence electrons. The van der Waals surface area contributed by atoms with Crippen LogP contribution in [0.4, 0.5) is 0 Å². The van der Waals surface area contributed by atoms with Gasteiger partial charge in [0.1, 0.15) is 16.9 Å². The monoisotopic (exact) mass is 340 g/mol. The predicted molar refractivity (Wildman–Crippen MR) is 94.2 cm³/mol. The molecule has 25 heavy (non-hydrogen) atoms. The molecular weight excluding hydrogens is 320 g/mol. The molecule has 0 saturated heterocycles. The Kier molecular flexibility index (Phi) is 4.83. The number of Topliss-reactive ketones (excluding diaryl/α,β-unsaturated/α-hetero) is 1. The minimum atomic E-state index is -0.633. The van der Waals surface area contributed by atoms with Crippen LogP contribution >= 0.6 is 0 Å². The van der Waals surface area contributed by atoms with Crippen molar-refractivity contribution in [2.24, 2.45) is 5.92 Å². The maximum atomic E-state index is 12.3. The second-order valence-corrected chi connectivity index (χ2v) is 6.45. The lowest BCUT2D eigenvalue weighted by atomic mass is 9.86. The van der Waals surface area contributed by atoms with Crippen molar-refractivity contribution in [2.45, 2.75) is 33.1 Å². The van der Waals surface area contributed by atoms with Gasteiger partial charge in [0.15, 0.2) is 11.2 Å². The second kappa shape index (κ2) is 7.05. The maximum Gasteiger partial charge on any atom is 0.341 e. The van der Waals surface area contributed by atoms with Gasteiger partial charge in [-0.05, 0) is 44.7 Å². The summed E-state index contributed by atoms with van der Waals surface area (Å²) in [5.41, 5.74) is 0.657. The summed E-state index contributed by atoms with van der Waals surface area (Å²) < 4.78 is 10.9. The van der Waals surface area contributed by atoms with Crippen LogP contribution in [0.5, 0.6) is 0 Å². The number of ketones is 1. The Balaban J connectivity index is 1.97. The van der Waals surface area contributed by atoms with Gasteiger partial charge >= 0.3 is 5.97 Å². The molecule has 3 rings (SSSR count). The Morgan fingerprint density at radius 1 is 1.32 bits per heavy atom. The van der Waals surface area contributed by atoms with Crippen LogP contribution in [0.1, 0.15) is 37.5 Å². The highest BCUT2D eigenvalue weighted by atomic mass is 16.5. The SMILES string of the molecule is CC(=O)C(=Cc1cccc2c(=O)cc(C)oc12)C(=O)OCC1CCC1. The molecule has 0 N–H and O–H groups in total. The third-order valence-electron chi connectivity index (χ3n) is 4.48. The van der Waals surface area contributed by atoms with E-state index in [1.54, 1.807) is 25.1 Å². The lowest BCUT2D eigenvalue weighted by molar-refractivity contribution is -0.142. The number of fused-ring (bicyclic) bond motifs is 1. The van der Waals surface area contributed by atoms with Gasteiger partial charge in [-0.15, -0.1) is 0 Å². The smallest absolute Gasteiger partial charge is 0.341 e. The number of esters is 1. The fraction of sp³-hybridized carbons (Fsp3) is 0.350. The Bertz CT molecular complexity index is 915. The van der Waals surface area contributed by atoms with Gasteiger partial charge < -0.3 is 9.15 Å². The van der Waals surface area contributed by atoms with Crippen molar-refractivity contribution in [2.75, 3.05) is 6.61 Å². The molecule has 1 aliphatic rings. The van der Waals surface area contributed by atoms with E-state index in [-0.39, 0.29) is 16.8 Å². The molecule has 0 atom stereocenters. The number of carbonyl (C=O) groups excluding carboxylic acids is 2. The van der Waals surface area contributed by atoms with Crippen LogP contribution in [-0.2, 0) is 14.3 Å². The first-order valence-corrected chi connectivity index (χ1v) is 8.39. The zero-order valence-corrected chi connectivity index (χ0v) is 14.3. The summed E-state index contributed by atoms with van der Waals surface area (Å²) in [6.45, 7) is 3.34. The van der Waals surface area contributed by atoms with E-state index < -0.39 is 5.97 Å². The molecule has 0 spiro atoms. The van der Waals surface area contributed by atoms with Crippen molar-refractivity contribution in [3.05, 3.63) is 51.4 Å². The average molecular weight is 340 g/mol. The highest BCUT2D eigenvalue weighted by Crippen LogP contribution is 2.27. The first kappa shape index (κ1) is 17.1. The van der Waals surface area contributed by atoms with Gasteiger partial charge in [-0.3, -0.25) is 9.59 Å². The molecule has 0 radical (unpaired) electrons. The molecule has 1 saturated carbocycles. The van der Waals surface area contributed by atoms with Crippen molar-refractivity contribution in [3.8, 4) is 0 Å². The number of hydrogen-bond donors (Lipinski definition) is 0. The van der Waals surface area contributed by atoms with Crippen molar-refractivity contribution in [1.82, 2.24) is 0 Å². The summed E-state index contributed by atoms with van der Waals surface area (Å²) in [4.78, 5) is 36.3. The van der Waals surface area contributed by atoms with Crippen molar-refractivity contribution in [3.63, 3.8) is 0 Å². The van der Waals surface area contributed by atoms with Crippen LogP contribution in [0.15, 0.2) is 39.1 Å². The van der Waals surface area contributed by atoms with E-state index in [0.29, 0.717) is 34.8 Å². The highest BCUT2D eigenvalue weighted by molar-refractivity contribution is 6.20. The zero-order valence-electron chi connectivity index (χ0n) is 14.3. The summed E-state index contributed by atoms with van der Waals surface area (Å²) in [7, 11) is 0. The van der Waals surface area contributed by atoms with E-state index in [9.17, 15) is 14.4 Å². The normalized spacial score (nSPS) is 15.0. The Morgan fingerprint density at radius 3 is 2.72 bits per heavy atom. The first-order chi connectivity index (χ1) is 12.0. The highest BCUT2D eigenvalue weighted by Gasteiger charge is 2.22. The molecule has 0 aliphatic heterocycles. The molecule has 5 nitrogen and oxygen atoms in total. The van der Waals surface area contributed by atoms with Crippen LogP contribution in [0.25, 0.3) is 17.0 Å². The number of ether oxygens (including phenoxy) is 1. The number of benzene rings is 1. The molecule has 1 aromatic carbocycles. The van der Waals surface area contributed by atoms with Gasteiger partial charge in [0.2, 0.25) is 0 Å². The van der Waals surface area contributed by atoms with E-state index in [1.807, 2.05) is 0 Å². The van der Waals surface area contributed by atoms with E-state index in [4.69, 9.17) is 9.15 Å². The lowest BCUT2D eigenvalue weighted by Crippen LogP contribution is -2.22. The molecule has 0 unspecified atom stereocenters. The Labute approximate surface area is 145 Å². The molecule has 1 fully saturated rings. The Hall–Kier alpha value is -2.69. The predicted octanol–water partition coefficient (Wildman–Crippen LogP) is 3.42. The van der Waals surface area contributed by atoms with Gasteiger partial charge in [0, 0.05) is 11.6 Å². The van der Waals surface area contributed by atoms with Gasteiger partial charge in [0.25, 0.3) is 0 Å². The van der Waals surface area contributed by atoms with Gasteiger partial charge in [-0.25, -0.2) is 4.79 Å². The van der Waals surface area contributed by atoms with Gasteiger partial charge in [-0.1, -0.05) is 18.6 Å². The van der Waals surface area contributed by atoms with Crippen molar-refractivity contribution < 1.29 is 18.7 Å². The number of para-hydroxylation sites is 1. The van der Waals surface area contributed by atoms with E-state index in [2.05, 4.69) is 0 Å². The number of rotatable bonds is 5. The number of hydrogen-bond acceptors (Lipinski definition) is 5. The summed E-state index contributed by atoms with van der Waals surface area (Å²) in [5, 5.41) is 0.407. The molecule has 1 aromatic heterocycles. The van der Waals surface area contributed by atoms with Crippen LogP contribution in [-0.4, -0.2) is 18.4 Å². The van der Waals surface area contributed by atoms with Crippen LogP contribution in [0.3, 0.4) is 0 Å². The summed E-state index contributed by atoms with van der Waals surface area (Å²) >= 11 is 0. The van der Waals surface area contributed by atoms with Gasteiger partial charge in [-0.2, -0.15) is 0 Å². The third kappa shape index (κ3) is 3.71. The minimum absolute atomic E-state index is 0.0454. The summed E-state index contributed by atoms with van der Waals surface area (Å²) in [6.07, 6.45) is 4.71. The van der Waals surface area contributed by atoms with E-state index >= 15 is 0 Å². The fourth-order valence-electron chi connectivity index (χ4n) is 2.82. The average Bonchev–Trinajstić information content (AvgIpc) is 2.50.